The largest absolute Gasteiger partial charge is 0.478 e. The van der Waals surface area contributed by atoms with Crippen LogP contribution in [0.1, 0.15) is 29.3 Å². The van der Waals surface area contributed by atoms with Crippen LogP contribution < -0.4 is 0 Å². The fourth-order valence-corrected chi connectivity index (χ4v) is 3.59. The van der Waals surface area contributed by atoms with Crippen molar-refractivity contribution < 1.29 is 18.3 Å². The molecule has 0 fully saturated rings. The molecule has 0 bridgehead atoms. The predicted molar refractivity (Wildman–Crippen MR) is 85.9 cm³/mol. The van der Waals surface area contributed by atoms with E-state index in [2.05, 4.69) is 0 Å². The van der Waals surface area contributed by atoms with Crippen LogP contribution in [0.3, 0.4) is 0 Å². The lowest BCUT2D eigenvalue weighted by Gasteiger charge is -2.09. The van der Waals surface area contributed by atoms with Gasteiger partial charge in [0.05, 0.1) is 16.2 Å². The van der Waals surface area contributed by atoms with Crippen molar-refractivity contribution in [2.75, 3.05) is 5.75 Å². The number of hydrogen-bond acceptors (Lipinski definition) is 3. The van der Waals surface area contributed by atoms with Crippen molar-refractivity contribution >= 4 is 15.8 Å². The molecule has 1 N–H and O–H groups in total. The van der Waals surface area contributed by atoms with Crippen LogP contribution in [0.25, 0.3) is 11.1 Å². The van der Waals surface area contributed by atoms with Crippen LogP contribution in [0, 0.1) is 6.92 Å². The Morgan fingerprint density at radius 3 is 2.23 bits per heavy atom. The Balaban J connectivity index is 2.62. The number of rotatable bonds is 5. The zero-order chi connectivity index (χ0) is 16.3. The van der Waals surface area contributed by atoms with Crippen LogP contribution >= 0.6 is 0 Å². The molecule has 2 aromatic carbocycles. The summed E-state index contributed by atoms with van der Waals surface area (Å²) in [4.78, 5) is 11.3. The molecule has 0 saturated carbocycles. The number of hydrogen-bond donors (Lipinski definition) is 1. The van der Waals surface area contributed by atoms with E-state index in [1.165, 1.54) is 12.1 Å². The van der Waals surface area contributed by atoms with Crippen LogP contribution in [-0.4, -0.2) is 25.2 Å². The SMILES string of the molecule is CCCS(=O)(=O)c1cc(C(=O)O)cc(-c2ccc(C)cc2)c1. The van der Waals surface area contributed by atoms with Crippen LogP contribution in [0.5, 0.6) is 0 Å². The molecule has 0 aliphatic heterocycles. The number of aromatic carboxylic acids is 1. The Hall–Kier alpha value is -2.14. The first-order valence-corrected chi connectivity index (χ1v) is 8.67. The Kier molecular flexibility index (Phi) is 4.66. The van der Waals surface area contributed by atoms with Gasteiger partial charge in [-0.15, -0.1) is 0 Å². The lowest BCUT2D eigenvalue weighted by atomic mass is 10.0. The standard InChI is InChI=1S/C17H18O4S/c1-3-8-22(20,21)16-10-14(9-15(11-16)17(18)19)13-6-4-12(2)5-7-13/h4-7,9-11H,3,8H2,1-2H3,(H,18,19). The molecule has 0 heterocycles. The van der Waals surface area contributed by atoms with Gasteiger partial charge in [-0.2, -0.15) is 0 Å². The summed E-state index contributed by atoms with van der Waals surface area (Å²) in [5, 5.41) is 9.23. The van der Waals surface area contributed by atoms with E-state index in [0.29, 0.717) is 12.0 Å². The van der Waals surface area contributed by atoms with Gasteiger partial charge in [-0.05, 0) is 42.7 Å². The number of aryl methyl sites for hydroxylation is 1. The Labute approximate surface area is 130 Å². The summed E-state index contributed by atoms with van der Waals surface area (Å²) in [6.07, 6.45) is 0.486. The molecule has 0 saturated heterocycles. The van der Waals surface area contributed by atoms with Gasteiger partial charge in [0.15, 0.2) is 9.84 Å². The second kappa shape index (κ2) is 6.32. The van der Waals surface area contributed by atoms with Gasteiger partial charge >= 0.3 is 5.97 Å². The third-order valence-corrected chi connectivity index (χ3v) is 5.27. The van der Waals surface area contributed by atoms with Crippen molar-refractivity contribution in [2.24, 2.45) is 0 Å². The molecule has 2 aromatic rings. The highest BCUT2D eigenvalue weighted by molar-refractivity contribution is 7.91. The van der Waals surface area contributed by atoms with Crippen LogP contribution in [-0.2, 0) is 9.84 Å². The van der Waals surface area contributed by atoms with Gasteiger partial charge in [-0.3, -0.25) is 0 Å². The molecule has 0 radical (unpaired) electrons. The summed E-state index contributed by atoms with van der Waals surface area (Å²) in [7, 11) is -3.47. The molecule has 22 heavy (non-hydrogen) atoms. The van der Waals surface area contributed by atoms with Crippen LogP contribution in [0.2, 0.25) is 0 Å². The molecule has 0 amide bonds. The highest BCUT2D eigenvalue weighted by atomic mass is 32.2. The minimum absolute atomic E-state index is 0.00338. The first kappa shape index (κ1) is 16.2. The third kappa shape index (κ3) is 3.54. The number of sulfone groups is 1. The van der Waals surface area contributed by atoms with Gasteiger partial charge in [0, 0.05) is 0 Å². The molecule has 5 heteroatoms. The van der Waals surface area contributed by atoms with Crippen LogP contribution in [0.15, 0.2) is 47.4 Å². The Bertz CT molecular complexity index is 790. The minimum atomic E-state index is -3.47. The van der Waals surface area contributed by atoms with Crippen molar-refractivity contribution in [1.82, 2.24) is 0 Å². The first-order chi connectivity index (χ1) is 10.3. The normalized spacial score (nSPS) is 11.4. The molecule has 0 unspecified atom stereocenters. The summed E-state index contributed by atoms with van der Waals surface area (Å²) in [6.45, 7) is 3.73. The summed E-state index contributed by atoms with van der Waals surface area (Å²) in [5.41, 5.74) is 2.45. The van der Waals surface area contributed by atoms with E-state index in [4.69, 9.17) is 0 Å². The zero-order valence-electron chi connectivity index (χ0n) is 12.5. The van der Waals surface area contributed by atoms with E-state index in [1.54, 1.807) is 13.0 Å². The van der Waals surface area contributed by atoms with E-state index in [9.17, 15) is 18.3 Å². The molecule has 2 rings (SSSR count). The maximum Gasteiger partial charge on any atom is 0.335 e. The summed E-state index contributed by atoms with van der Waals surface area (Å²) in [6, 6.07) is 11.8. The quantitative estimate of drug-likeness (QED) is 0.915. The average Bonchev–Trinajstić information content (AvgIpc) is 2.47. The van der Waals surface area contributed by atoms with Gasteiger partial charge in [0.25, 0.3) is 0 Å². The Morgan fingerprint density at radius 2 is 1.68 bits per heavy atom. The first-order valence-electron chi connectivity index (χ1n) is 7.01. The summed E-state index contributed by atoms with van der Waals surface area (Å²) >= 11 is 0. The van der Waals surface area contributed by atoms with Crippen molar-refractivity contribution in [1.29, 1.82) is 0 Å². The summed E-state index contributed by atoms with van der Waals surface area (Å²) in [5.74, 6) is -1.13. The minimum Gasteiger partial charge on any atom is -0.478 e. The van der Waals surface area contributed by atoms with Gasteiger partial charge in [0.1, 0.15) is 0 Å². The second-order valence-electron chi connectivity index (χ2n) is 5.24. The maximum atomic E-state index is 12.3. The number of carboxylic acid groups (broad SMARTS) is 1. The molecule has 0 spiro atoms. The predicted octanol–water partition coefficient (Wildman–Crippen LogP) is 3.54. The van der Waals surface area contributed by atoms with Crippen molar-refractivity contribution in [3.8, 4) is 11.1 Å². The maximum absolute atomic E-state index is 12.3. The topological polar surface area (TPSA) is 71.4 Å². The molecule has 0 aliphatic carbocycles. The molecular formula is C17H18O4S. The van der Waals surface area contributed by atoms with E-state index in [-0.39, 0.29) is 16.2 Å². The molecule has 0 aromatic heterocycles. The van der Waals surface area contributed by atoms with Crippen LogP contribution in [0.4, 0.5) is 0 Å². The average molecular weight is 318 g/mol. The summed E-state index contributed by atoms with van der Waals surface area (Å²) < 4.78 is 24.5. The Morgan fingerprint density at radius 1 is 1.05 bits per heavy atom. The van der Waals surface area contributed by atoms with Gasteiger partial charge in [-0.25, -0.2) is 13.2 Å². The molecule has 116 valence electrons. The van der Waals surface area contributed by atoms with E-state index in [1.807, 2.05) is 31.2 Å². The highest BCUT2D eigenvalue weighted by Crippen LogP contribution is 2.26. The fraction of sp³-hybridized carbons (Fsp3) is 0.235. The highest BCUT2D eigenvalue weighted by Gasteiger charge is 2.17. The molecule has 0 aliphatic rings. The number of carboxylic acids is 1. The zero-order valence-corrected chi connectivity index (χ0v) is 13.4. The third-order valence-electron chi connectivity index (χ3n) is 3.37. The lowest BCUT2D eigenvalue weighted by Crippen LogP contribution is -2.08. The molecular weight excluding hydrogens is 300 g/mol. The van der Waals surface area contributed by atoms with Gasteiger partial charge < -0.3 is 5.11 Å². The van der Waals surface area contributed by atoms with E-state index < -0.39 is 15.8 Å². The van der Waals surface area contributed by atoms with Crippen molar-refractivity contribution in [2.45, 2.75) is 25.2 Å². The molecule has 4 nitrogen and oxygen atoms in total. The second-order valence-corrected chi connectivity index (χ2v) is 7.35. The number of benzene rings is 2. The van der Waals surface area contributed by atoms with Gasteiger partial charge in [0.2, 0.25) is 0 Å². The van der Waals surface area contributed by atoms with E-state index >= 15 is 0 Å². The van der Waals surface area contributed by atoms with Gasteiger partial charge in [-0.1, -0.05) is 36.8 Å². The van der Waals surface area contributed by atoms with Crippen molar-refractivity contribution in [3.63, 3.8) is 0 Å². The smallest absolute Gasteiger partial charge is 0.335 e. The van der Waals surface area contributed by atoms with Crippen molar-refractivity contribution in [3.05, 3.63) is 53.6 Å². The van der Waals surface area contributed by atoms with E-state index in [0.717, 1.165) is 11.1 Å². The fourth-order valence-electron chi connectivity index (χ4n) is 2.20. The monoisotopic (exact) mass is 318 g/mol. The lowest BCUT2D eigenvalue weighted by molar-refractivity contribution is 0.0696. The number of carbonyl (C=O) groups is 1. The molecule has 0 atom stereocenters.